The van der Waals surface area contributed by atoms with E-state index in [0.29, 0.717) is 27.8 Å². The lowest BCUT2D eigenvalue weighted by molar-refractivity contribution is 0.0970. The molecule has 0 radical (unpaired) electrons. The van der Waals surface area contributed by atoms with Gasteiger partial charge in [0.15, 0.2) is 16.9 Å². The predicted molar refractivity (Wildman–Crippen MR) is 106 cm³/mol. The minimum atomic E-state index is -0.422. The molecule has 0 aliphatic rings. The van der Waals surface area contributed by atoms with E-state index in [2.05, 4.69) is 15.3 Å². The second-order valence-corrected chi connectivity index (χ2v) is 7.03. The van der Waals surface area contributed by atoms with Crippen molar-refractivity contribution in [2.45, 2.75) is 13.1 Å². The SMILES string of the molecule is O=C(Cn1cnc2c(nnn2Cc2ccc(Cl)cc2)c1=O)c1ccc(Cl)cc1. The van der Waals surface area contributed by atoms with Crippen molar-refractivity contribution in [2.24, 2.45) is 0 Å². The van der Waals surface area contributed by atoms with E-state index >= 15 is 0 Å². The molecule has 0 N–H and O–H groups in total. The van der Waals surface area contributed by atoms with Crippen molar-refractivity contribution in [1.29, 1.82) is 0 Å². The first kappa shape index (κ1) is 18.3. The van der Waals surface area contributed by atoms with Gasteiger partial charge in [-0.2, -0.15) is 0 Å². The van der Waals surface area contributed by atoms with E-state index in [1.807, 2.05) is 12.1 Å². The molecule has 0 saturated heterocycles. The number of Topliss-reactive ketones (excluding diaryl/α,β-unsaturated/α-hetero) is 1. The summed E-state index contributed by atoms with van der Waals surface area (Å²) in [6.07, 6.45) is 1.33. The molecule has 0 amide bonds. The zero-order chi connectivity index (χ0) is 19.7. The van der Waals surface area contributed by atoms with Crippen molar-refractivity contribution in [1.82, 2.24) is 24.5 Å². The van der Waals surface area contributed by atoms with Gasteiger partial charge in [-0.25, -0.2) is 9.67 Å². The summed E-state index contributed by atoms with van der Waals surface area (Å²) in [6.45, 7) is 0.251. The summed E-state index contributed by atoms with van der Waals surface area (Å²) in [5.41, 5.74) is 1.45. The van der Waals surface area contributed by atoms with Crippen molar-refractivity contribution >= 4 is 40.1 Å². The minimum Gasteiger partial charge on any atom is -0.292 e. The van der Waals surface area contributed by atoms with Crippen LogP contribution in [0.5, 0.6) is 0 Å². The molecule has 0 unspecified atom stereocenters. The van der Waals surface area contributed by atoms with Gasteiger partial charge in [0, 0.05) is 15.6 Å². The molecule has 4 aromatic rings. The molecule has 2 aromatic carbocycles. The molecule has 0 bridgehead atoms. The van der Waals surface area contributed by atoms with Crippen molar-refractivity contribution in [3.8, 4) is 0 Å². The third-order valence-corrected chi connectivity index (χ3v) is 4.72. The molecule has 2 aromatic heterocycles. The fraction of sp³-hybridized carbons (Fsp3) is 0.105. The highest BCUT2D eigenvalue weighted by Crippen LogP contribution is 2.13. The standard InChI is InChI=1S/C19H13Cl2N5O2/c20-14-5-1-12(2-6-14)9-26-18-17(23-24-26)19(28)25(11-22-18)10-16(27)13-3-7-15(21)8-4-13/h1-8,11H,9-10H2. The van der Waals surface area contributed by atoms with Crippen LogP contribution >= 0.6 is 23.2 Å². The Morgan fingerprint density at radius 2 is 1.61 bits per heavy atom. The number of carbonyl (C=O) groups excluding carboxylic acids is 1. The van der Waals surface area contributed by atoms with Crippen LogP contribution in [0.3, 0.4) is 0 Å². The van der Waals surface area contributed by atoms with Crippen LogP contribution in [-0.4, -0.2) is 30.3 Å². The van der Waals surface area contributed by atoms with Gasteiger partial charge in [-0.1, -0.05) is 40.5 Å². The number of aromatic nitrogens is 5. The molecule has 7 nitrogen and oxygen atoms in total. The summed E-state index contributed by atoms with van der Waals surface area (Å²) in [4.78, 5) is 29.4. The second-order valence-electron chi connectivity index (χ2n) is 6.15. The molecule has 2 heterocycles. The summed E-state index contributed by atoms with van der Waals surface area (Å²) in [6, 6.07) is 13.8. The summed E-state index contributed by atoms with van der Waals surface area (Å²) in [7, 11) is 0. The van der Waals surface area contributed by atoms with Crippen LogP contribution < -0.4 is 5.56 Å². The van der Waals surface area contributed by atoms with Gasteiger partial charge in [-0.05, 0) is 42.0 Å². The van der Waals surface area contributed by atoms with Gasteiger partial charge in [-0.3, -0.25) is 14.2 Å². The second kappa shape index (κ2) is 7.53. The predicted octanol–water partition coefficient (Wildman–Crippen LogP) is 3.23. The Kier molecular flexibility index (Phi) is 4.93. The van der Waals surface area contributed by atoms with Crippen LogP contribution in [0.15, 0.2) is 59.7 Å². The molecule has 0 spiro atoms. The number of benzene rings is 2. The maximum absolute atomic E-state index is 12.7. The van der Waals surface area contributed by atoms with E-state index in [4.69, 9.17) is 23.2 Å². The Morgan fingerprint density at radius 1 is 0.964 bits per heavy atom. The molecule has 0 fully saturated rings. The van der Waals surface area contributed by atoms with Crippen molar-refractivity contribution < 1.29 is 4.79 Å². The first-order chi connectivity index (χ1) is 13.5. The van der Waals surface area contributed by atoms with Crippen molar-refractivity contribution in [3.63, 3.8) is 0 Å². The van der Waals surface area contributed by atoms with E-state index in [-0.39, 0.29) is 17.8 Å². The van der Waals surface area contributed by atoms with E-state index < -0.39 is 5.56 Å². The molecule has 0 aliphatic carbocycles. The van der Waals surface area contributed by atoms with E-state index in [0.717, 1.165) is 5.56 Å². The molecule has 0 saturated carbocycles. The van der Waals surface area contributed by atoms with Gasteiger partial charge >= 0.3 is 0 Å². The van der Waals surface area contributed by atoms with Crippen LogP contribution in [0.4, 0.5) is 0 Å². The third kappa shape index (κ3) is 3.67. The highest BCUT2D eigenvalue weighted by atomic mass is 35.5. The van der Waals surface area contributed by atoms with Crippen LogP contribution in [0.25, 0.3) is 11.2 Å². The largest absolute Gasteiger partial charge is 0.292 e. The zero-order valence-corrected chi connectivity index (χ0v) is 15.9. The molecular formula is C19H13Cl2N5O2. The quantitative estimate of drug-likeness (QED) is 0.469. The first-order valence-corrected chi connectivity index (χ1v) is 9.09. The van der Waals surface area contributed by atoms with Gasteiger partial charge in [0.1, 0.15) is 6.33 Å². The number of hydrogen-bond donors (Lipinski definition) is 0. The topological polar surface area (TPSA) is 82.7 Å². The minimum absolute atomic E-state index is 0.111. The highest BCUT2D eigenvalue weighted by Gasteiger charge is 2.15. The van der Waals surface area contributed by atoms with E-state index in [9.17, 15) is 9.59 Å². The maximum Gasteiger partial charge on any atom is 0.283 e. The van der Waals surface area contributed by atoms with E-state index in [1.54, 1.807) is 36.4 Å². The smallest absolute Gasteiger partial charge is 0.283 e. The lowest BCUT2D eigenvalue weighted by atomic mass is 10.1. The number of fused-ring (bicyclic) bond motifs is 1. The van der Waals surface area contributed by atoms with Gasteiger partial charge in [0.2, 0.25) is 0 Å². The Morgan fingerprint density at radius 3 is 2.29 bits per heavy atom. The van der Waals surface area contributed by atoms with Gasteiger partial charge in [-0.15, -0.1) is 5.10 Å². The Labute approximate surface area is 169 Å². The number of hydrogen-bond acceptors (Lipinski definition) is 5. The lowest BCUT2D eigenvalue weighted by Crippen LogP contribution is -2.25. The normalized spacial score (nSPS) is 11.1. The summed E-state index contributed by atoms with van der Waals surface area (Å²) < 4.78 is 2.76. The molecule has 0 aliphatic heterocycles. The number of carbonyl (C=O) groups is 1. The van der Waals surface area contributed by atoms with Crippen molar-refractivity contribution in [3.05, 3.63) is 86.4 Å². The van der Waals surface area contributed by atoms with Crippen molar-refractivity contribution in [2.75, 3.05) is 0 Å². The average Bonchev–Trinajstić information content (AvgIpc) is 3.10. The van der Waals surface area contributed by atoms with Crippen LogP contribution in [0.1, 0.15) is 15.9 Å². The third-order valence-electron chi connectivity index (χ3n) is 4.22. The van der Waals surface area contributed by atoms with E-state index in [1.165, 1.54) is 15.6 Å². The molecule has 9 heteroatoms. The first-order valence-electron chi connectivity index (χ1n) is 8.33. The number of ketones is 1. The Hall–Kier alpha value is -3.03. The molecular weight excluding hydrogens is 401 g/mol. The maximum atomic E-state index is 12.7. The Balaban J connectivity index is 1.61. The molecule has 140 valence electrons. The van der Waals surface area contributed by atoms with Gasteiger partial charge < -0.3 is 0 Å². The Bertz CT molecular complexity index is 1210. The fourth-order valence-electron chi connectivity index (χ4n) is 2.75. The number of nitrogens with zero attached hydrogens (tertiary/aromatic N) is 5. The van der Waals surface area contributed by atoms with Gasteiger partial charge in [0.05, 0.1) is 13.1 Å². The summed E-state index contributed by atoms with van der Waals surface area (Å²) in [5, 5.41) is 9.14. The van der Waals surface area contributed by atoms with Crippen LogP contribution in [0.2, 0.25) is 10.0 Å². The molecule has 4 rings (SSSR count). The lowest BCUT2D eigenvalue weighted by Gasteiger charge is -2.05. The summed E-state index contributed by atoms with van der Waals surface area (Å²) in [5.74, 6) is -0.228. The number of halogens is 2. The number of rotatable bonds is 5. The van der Waals surface area contributed by atoms with Gasteiger partial charge in [0.25, 0.3) is 5.56 Å². The monoisotopic (exact) mass is 413 g/mol. The van der Waals surface area contributed by atoms with Crippen LogP contribution in [0, 0.1) is 0 Å². The highest BCUT2D eigenvalue weighted by molar-refractivity contribution is 6.30. The molecule has 0 atom stereocenters. The molecule has 28 heavy (non-hydrogen) atoms. The zero-order valence-electron chi connectivity index (χ0n) is 14.4. The fourth-order valence-corrected chi connectivity index (χ4v) is 3.00. The summed E-state index contributed by atoms with van der Waals surface area (Å²) >= 11 is 11.7. The van der Waals surface area contributed by atoms with Crippen LogP contribution in [-0.2, 0) is 13.1 Å². The average molecular weight is 414 g/mol.